The molecule has 7 nitrogen and oxygen atoms in total. The second kappa shape index (κ2) is 7.62. The Hall–Kier alpha value is -2.97. The molecule has 2 amide bonds. The number of ether oxygens (including phenoxy) is 1. The second-order valence-corrected chi connectivity index (χ2v) is 8.49. The molecule has 1 aromatic heterocycles. The zero-order valence-electron chi connectivity index (χ0n) is 17.5. The predicted octanol–water partition coefficient (Wildman–Crippen LogP) is 2.54. The minimum atomic E-state index is -0.455. The number of halogens is 1. The van der Waals surface area contributed by atoms with E-state index < -0.39 is 11.7 Å². The molecule has 0 aliphatic carbocycles. The highest BCUT2D eigenvalue weighted by Crippen LogP contribution is 2.40. The van der Waals surface area contributed by atoms with E-state index in [0.29, 0.717) is 42.6 Å². The van der Waals surface area contributed by atoms with Gasteiger partial charge in [0.1, 0.15) is 5.82 Å². The van der Waals surface area contributed by atoms with Crippen molar-refractivity contribution in [2.24, 2.45) is 5.92 Å². The smallest absolute Gasteiger partial charge is 0.258 e. The van der Waals surface area contributed by atoms with E-state index in [2.05, 4.69) is 29.0 Å². The van der Waals surface area contributed by atoms with Crippen molar-refractivity contribution in [2.75, 3.05) is 31.6 Å². The lowest BCUT2D eigenvalue weighted by atomic mass is 9.90. The molecule has 1 aromatic carbocycles. The van der Waals surface area contributed by atoms with Crippen LogP contribution in [0.5, 0.6) is 0 Å². The fourth-order valence-electron chi connectivity index (χ4n) is 4.90. The van der Waals surface area contributed by atoms with E-state index in [4.69, 9.17) is 4.74 Å². The molecule has 8 heteroatoms. The highest BCUT2D eigenvalue weighted by atomic mass is 19.1. The van der Waals surface area contributed by atoms with Gasteiger partial charge in [-0.2, -0.15) is 0 Å². The van der Waals surface area contributed by atoms with Crippen molar-refractivity contribution in [1.29, 1.82) is 0 Å². The van der Waals surface area contributed by atoms with Gasteiger partial charge in [-0.05, 0) is 37.3 Å². The maximum absolute atomic E-state index is 14.0. The average molecular weight is 424 g/mol. The van der Waals surface area contributed by atoms with Crippen LogP contribution in [-0.4, -0.2) is 65.1 Å². The van der Waals surface area contributed by atoms with Gasteiger partial charge in [0.2, 0.25) is 0 Å². The quantitative estimate of drug-likeness (QED) is 0.743. The SMILES string of the molecule is CC1CN(C(=O)C(=C2C(=O)Nc3ccc(F)cc32)c2ccc[nH]2)C1N1CCOCC1C. The number of carbonyl (C=O) groups excluding carboxylic acids is 2. The van der Waals surface area contributed by atoms with Gasteiger partial charge in [0.05, 0.1) is 36.2 Å². The van der Waals surface area contributed by atoms with E-state index in [9.17, 15) is 14.0 Å². The lowest BCUT2D eigenvalue weighted by Crippen LogP contribution is -2.68. The Morgan fingerprint density at radius 2 is 2.10 bits per heavy atom. The normalized spacial score (nSPS) is 27.5. The molecule has 5 rings (SSSR count). The largest absolute Gasteiger partial charge is 0.379 e. The monoisotopic (exact) mass is 424 g/mol. The Labute approximate surface area is 179 Å². The third-order valence-corrected chi connectivity index (χ3v) is 6.39. The molecule has 2 saturated heterocycles. The van der Waals surface area contributed by atoms with Crippen molar-refractivity contribution in [3.63, 3.8) is 0 Å². The van der Waals surface area contributed by atoms with Crippen molar-refractivity contribution in [1.82, 2.24) is 14.8 Å². The van der Waals surface area contributed by atoms with Crippen LogP contribution in [0, 0.1) is 11.7 Å². The summed E-state index contributed by atoms with van der Waals surface area (Å²) in [5, 5.41) is 2.76. The van der Waals surface area contributed by atoms with E-state index in [-0.39, 0.29) is 29.3 Å². The summed E-state index contributed by atoms with van der Waals surface area (Å²) in [5.74, 6) is -0.778. The van der Waals surface area contributed by atoms with Gasteiger partial charge in [-0.1, -0.05) is 6.92 Å². The summed E-state index contributed by atoms with van der Waals surface area (Å²) in [6.07, 6.45) is 1.65. The average Bonchev–Trinajstić information content (AvgIpc) is 3.37. The molecule has 0 bridgehead atoms. The van der Waals surface area contributed by atoms with E-state index in [1.165, 1.54) is 18.2 Å². The number of hydrogen-bond acceptors (Lipinski definition) is 4. The van der Waals surface area contributed by atoms with Crippen LogP contribution in [0.4, 0.5) is 10.1 Å². The maximum Gasteiger partial charge on any atom is 0.258 e. The number of nitrogens with zero attached hydrogens (tertiary/aromatic N) is 2. The number of morpholine rings is 1. The lowest BCUT2D eigenvalue weighted by Gasteiger charge is -2.54. The van der Waals surface area contributed by atoms with Crippen molar-refractivity contribution in [2.45, 2.75) is 26.1 Å². The number of H-pyrrole nitrogens is 1. The first kappa shape index (κ1) is 20.0. The number of fused-ring (bicyclic) bond motifs is 1. The summed E-state index contributed by atoms with van der Waals surface area (Å²) in [7, 11) is 0. The Balaban J connectivity index is 1.59. The number of aromatic nitrogens is 1. The van der Waals surface area contributed by atoms with Gasteiger partial charge in [-0.3, -0.25) is 14.5 Å². The minimum absolute atomic E-state index is 0.0617. The summed E-state index contributed by atoms with van der Waals surface area (Å²) >= 11 is 0. The number of carbonyl (C=O) groups is 2. The fourth-order valence-corrected chi connectivity index (χ4v) is 4.90. The topological polar surface area (TPSA) is 77.7 Å². The van der Waals surface area contributed by atoms with Crippen LogP contribution >= 0.6 is 0 Å². The summed E-state index contributed by atoms with van der Waals surface area (Å²) in [6.45, 7) is 6.84. The van der Waals surface area contributed by atoms with Gasteiger partial charge in [-0.15, -0.1) is 0 Å². The number of rotatable bonds is 3. The van der Waals surface area contributed by atoms with Crippen molar-refractivity contribution in [3.05, 3.63) is 53.6 Å². The van der Waals surface area contributed by atoms with Gasteiger partial charge < -0.3 is 19.9 Å². The molecular formula is C23H25FN4O3. The van der Waals surface area contributed by atoms with Crippen molar-refractivity contribution in [3.8, 4) is 0 Å². The highest BCUT2D eigenvalue weighted by molar-refractivity contribution is 6.45. The molecule has 3 atom stereocenters. The Kier molecular flexibility index (Phi) is 4.91. The maximum atomic E-state index is 14.0. The summed E-state index contributed by atoms with van der Waals surface area (Å²) in [4.78, 5) is 34.0. The number of nitrogens with one attached hydrogen (secondary N) is 2. The van der Waals surface area contributed by atoms with Crippen LogP contribution < -0.4 is 5.32 Å². The molecule has 0 spiro atoms. The van der Waals surface area contributed by atoms with Gasteiger partial charge in [0.25, 0.3) is 11.8 Å². The second-order valence-electron chi connectivity index (χ2n) is 8.49. The van der Waals surface area contributed by atoms with Gasteiger partial charge in [-0.25, -0.2) is 4.39 Å². The molecule has 4 heterocycles. The van der Waals surface area contributed by atoms with Crippen molar-refractivity contribution < 1.29 is 18.7 Å². The molecular weight excluding hydrogens is 399 g/mol. The first-order valence-corrected chi connectivity index (χ1v) is 10.6. The Morgan fingerprint density at radius 3 is 2.81 bits per heavy atom. The Morgan fingerprint density at radius 1 is 1.26 bits per heavy atom. The molecule has 0 saturated carbocycles. The standard InChI is InChI=1S/C23H25FN4O3/c1-13-11-28(22(13)27-8-9-31-12-14(27)2)23(30)20(18-4-3-7-25-18)19-16-10-15(24)5-6-17(16)26-21(19)29/h3-7,10,13-14,22,25H,8-9,11-12H2,1-2H3,(H,26,29). The molecule has 162 valence electrons. The summed E-state index contributed by atoms with van der Waals surface area (Å²) in [6, 6.07) is 7.87. The summed E-state index contributed by atoms with van der Waals surface area (Å²) < 4.78 is 19.6. The third-order valence-electron chi connectivity index (χ3n) is 6.39. The van der Waals surface area contributed by atoms with E-state index in [0.717, 1.165) is 6.54 Å². The molecule has 2 fully saturated rings. The number of anilines is 1. The number of benzene rings is 1. The van der Waals surface area contributed by atoms with Crippen LogP contribution in [-0.2, 0) is 14.3 Å². The highest BCUT2D eigenvalue weighted by Gasteiger charge is 2.47. The first-order chi connectivity index (χ1) is 15.0. The lowest BCUT2D eigenvalue weighted by molar-refractivity contribution is -0.162. The molecule has 2 N–H and O–H groups in total. The number of hydrogen-bond donors (Lipinski definition) is 2. The minimum Gasteiger partial charge on any atom is -0.379 e. The van der Waals surface area contributed by atoms with E-state index in [1.54, 1.807) is 18.3 Å². The molecule has 3 unspecified atom stereocenters. The molecule has 3 aliphatic heterocycles. The zero-order valence-corrected chi connectivity index (χ0v) is 17.5. The van der Waals surface area contributed by atoms with Crippen LogP contribution in [0.2, 0.25) is 0 Å². The third kappa shape index (κ3) is 3.26. The summed E-state index contributed by atoms with van der Waals surface area (Å²) in [5.41, 5.74) is 1.93. The Bertz CT molecular complexity index is 1060. The molecule has 0 radical (unpaired) electrons. The van der Waals surface area contributed by atoms with Crippen LogP contribution in [0.25, 0.3) is 11.1 Å². The van der Waals surface area contributed by atoms with Crippen LogP contribution in [0.15, 0.2) is 36.5 Å². The zero-order chi connectivity index (χ0) is 21.7. The molecule has 2 aromatic rings. The van der Waals surface area contributed by atoms with E-state index >= 15 is 0 Å². The van der Waals surface area contributed by atoms with Gasteiger partial charge >= 0.3 is 0 Å². The fraction of sp³-hybridized carbons (Fsp3) is 0.391. The number of likely N-dealkylation sites (tertiary alicyclic amines) is 1. The first-order valence-electron chi connectivity index (χ1n) is 10.6. The number of amides is 2. The predicted molar refractivity (Wildman–Crippen MR) is 114 cm³/mol. The van der Waals surface area contributed by atoms with Gasteiger partial charge in [0, 0.05) is 42.5 Å². The molecule has 3 aliphatic rings. The van der Waals surface area contributed by atoms with E-state index in [1.807, 2.05) is 4.90 Å². The molecule has 31 heavy (non-hydrogen) atoms. The van der Waals surface area contributed by atoms with Crippen LogP contribution in [0.3, 0.4) is 0 Å². The van der Waals surface area contributed by atoms with Gasteiger partial charge in [0.15, 0.2) is 0 Å². The van der Waals surface area contributed by atoms with Crippen LogP contribution in [0.1, 0.15) is 25.1 Å². The van der Waals surface area contributed by atoms with Crippen molar-refractivity contribution >= 4 is 28.6 Å². The number of aromatic amines is 1.